The quantitative estimate of drug-likeness (QED) is 0.237. The highest BCUT2D eigenvalue weighted by Gasteiger charge is 2.34. The van der Waals surface area contributed by atoms with Crippen molar-refractivity contribution in [2.75, 3.05) is 37.4 Å². The monoisotopic (exact) mass is 650 g/mol. The number of carbonyl (C=O) groups is 1. The van der Waals surface area contributed by atoms with Gasteiger partial charge in [-0.1, -0.05) is 12.1 Å². The number of benzene rings is 2. The number of nitrogens with zero attached hydrogens (tertiary/aromatic N) is 5. The zero-order chi connectivity index (χ0) is 32.6. The number of fused-ring (bicyclic) bond motifs is 1. The Morgan fingerprint density at radius 2 is 1.85 bits per heavy atom. The third-order valence-corrected chi connectivity index (χ3v) is 11.0. The fourth-order valence-corrected chi connectivity index (χ4v) is 7.40. The molecule has 0 saturated carbocycles. The van der Waals surface area contributed by atoms with Crippen molar-refractivity contribution in [3.8, 4) is 5.75 Å². The lowest BCUT2D eigenvalue weighted by molar-refractivity contribution is -0.134. The molecule has 4 heterocycles. The number of amides is 1. The fourth-order valence-electron chi connectivity index (χ4n) is 6.20. The molecule has 46 heavy (non-hydrogen) atoms. The number of nitrogens with one attached hydrogen (secondary N) is 3. The molecule has 0 unspecified atom stereocenters. The van der Waals surface area contributed by atoms with Crippen LogP contribution < -0.4 is 20.7 Å². The van der Waals surface area contributed by atoms with Gasteiger partial charge in [0.15, 0.2) is 15.5 Å². The lowest BCUT2D eigenvalue weighted by Crippen LogP contribution is -2.46. The van der Waals surface area contributed by atoms with Crippen molar-refractivity contribution < 1.29 is 22.3 Å². The van der Waals surface area contributed by atoms with E-state index in [-0.39, 0.29) is 41.6 Å². The number of piperidine rings is 1. The van der Waals surface area contributed by atoms with Gasteiger partial charge >= 0.3 is 0 Å². The number of sulfone groups is 1. The van der Waals surface area contributed by atoms with Gasteiger partial charge in [-0.3, -0.25) is 4.79 Å². The molecule has 2 aliphatic rings. The molecular formula is C32H39FN8O4S. The number of carbonyl (C=O) groups excluding carboxylic acids is 1. The van der Waals surface area contributed by atoms with Crippen molar-refractivity contribution in [3.05, 3.63) is 59.8 Å². The highest BCUT2D eigenvalue weighted by molar-refractivity contribution is 7.92. The van der Waals surface area contributed by atoms with Crippen LogP contribution in [-0.4, -0.2) is 83.0 Å². The summed E-state index contributed by atoms with van der Waals surface area (Å²) in [6, 6.07) is 12.0. The van der Waals surface area contributed by atoms with Gasteiger partial charge in [-0.05, 0) is 74.9 Å². The van der Waals surface area contributed by atoms with Gasteiger partial charge in [0.05, 0.1) is 40.9 Å². The molecule has 12 nitrogen and oxygen atoms in total. The Morgan fingerprint density at radius 1 is 1.09 bits per heavy atom. The van der Waals surface area contributed by atoms with Crippen LogP contribution in [0.4, 0.5) is 27.7 Å². The predicted octanol–water partition coefficient (Wildman–Crippen LogP) is 4.52. The van der Waals surface area contributed by atoms with E-state index in [1.807, 2.05) is 24.0 Å². The average Bonchev–Trinajstić information content (AvgIpc) is 3.70. The molecule has 2 atom stereocenters. The number of anilines is 4. The lowest BCUT2D eigenvalue weighted by atomic mass is 9.86. The molecule has 1 amide bonds. The third kappa shape index (κ3) is 6.23. The number of rotatable bonds is 9. The molecule has 0 radical (unpaired) electrons. The predicted molar refractivity (Wildman–Crippen MR) is 174 cm³/mol. The Kier molecular flexibility index (Phi) is 8.84. The lowest BCUT2D eigenvalue weighted by Gasteiger charge is -2.34. The summed E-state index contributed by atoms with van der Waals surface area (Å²) in [6.07, 6.45) is 2.48. The number of likely N-dealkylation sites (tertiary alicyclic amines) is 1. The topological polar surface area (TPSA) is 143 Å². The Hall–Kier alpha value is -4.30. The van der Waals surface area contributed by atoms with Crippen LogP contribution in [-0.2, 0) is 14.6 Å². The number of methoxy groups -OCH3 is 1. The maximum absolute atomic E-state index is 13.6. The van der Waals surface area contributed by atoms with Crippen LogP contribution in [0.5, 0.6) is 5.75 Å². The van der Waals surface area contributed by atoms with Gasteiger partial charge in [-0.25, -0.2) is 12.8 Å². The number of aryl methyl sites for hydroxylation is 1. The van der Waals surface area contributed by atoms with Crippen LogP contribution in [0.15, 0.2) is 53.6 Å². The van der Waals surface area contributed by atoms with Crippen LogP contribution in [0.1, 0.15) is 50.2 Å². The van der Waals surface area contributed by atoms with E-state index >= 15 is 0 Å². The van der Waals surface area contributed by atoms with Crippen LogP contribution in [0.2, 0.25) is 0 Å². The van der Waals surface area contributed by atoms with Gasteiger partial charge in [0.1, 0.15) is 11.9 Å². The van der Waals surface area contributed by atoms with E-state index in [1.54, 1.807) is 57.5 Å². The molecule has 14 heteroatoms. The summed E-state index contributed by atoms with van der Waals surface area (Å²) >= 11 is 0. The van der Waals surface area contributed by atoms with E-state index < -0.39 is 27.3 Å². The SMILES string of the molecule is COc1cc(C2CCN(C(=O)[C@@H]3C[C@H](F)CN3)CC2)c(C)cc1Nc1nc(Nc2ccccc2S(=O)(=O)C(C)C)n2nccc2n1. The Morgan fingerprint density at radius 3 is 2.54 bits per heavy atom. The van der Waals surface area contributed by atoms with Gasteiger partial charge in [0, 0.05) is 32.1 Å². The fraction of sp³-hybridized carbons (Fsp3) is 0.438. The van der Waals surface area contributed by atoms with E-state index in [9.17, 15) is 17.6 Å². The maximum Gasteiger partial charge on any atom is 0.239 e. The second kappa shape index (κ2) is 12.8. The molecule has 2 aromatic carbocycles. The maximum atomic E-state index is 13.6. The average molecular weight is 651 g/mol. The second-order valence-corrected chi connectivity index (χ2v) is 14.6. The summed E-state index contributed by atoms with van der Waals surface area (Å²) in [6.45, 7) is 6.82. The number of para-hydroxylation sites is 1. The summed E-state index contributed by atoms with van der Waals surface area (Å²) in [5.74, 6) is 1.40. The van der Waals surface area contributed by atoms with Crippen molar-refractivity contribution in [1.29, 1.82) is 0 Å². The smallest absolute Gasteiger partial charge is 0.239 e. The molecule has 0 spiro atoms. The second-order valence-electron chi connectivity index (χ2n) is 12.1. The minimum absolute atomic E-state index is 0.0125. The zero-order valence-electron chi connectivity index (χ0n) is 26.3. The van der Waals surface area contributed by atoms with Gasteiger partial charge in [0.2, 0.25) is 17.8 Å². The van der Waals surface area contributed by atoms with E-state index in [0.29, 0.717) is 35.9 Å². The van der Waals surface area contributed by atoms with E-state index in [2.05, 4.69) is 31.0 Å². The molecule has 3 N–H and O–H groups in total. The summed E-state index contributed by atoms with van der Waals surface area (Å²) < 4.78 is 47.1. The van der Waals surface area contributed by atoms with Crippen LogP contribution in [0.3, 0.4) is 0 Å². The first kappa shape index (κ1) is 31.7. The van der Waals surface area contributed by atoms with Gasteiger partial charge in [0.25, 0.3) is 0 Å². The van der Waals surface area contributed by atoms with E-state index in [0.717, 1.165) is 24.0 Å². The summed E-state index contributed by atoms with van der Waals surface area (Å²) in [7, 11) is -1.97. The van der Waals surface area contributed by atoms with Crippen molar-refractivity contribution in [2.24, 2.45) is 0 Å². The number of ether oxygens (including phenoxy) is 1. The highest BCUT2D eigenvalue weighted by atomic mass is 32.2. The first-order chi connectivity index (χ1) is 22.0. The van der Waals surface area contributed by atoms with Crippen molar-refractivity contribution in [2.45, 2.75) is 68.3 Å². The summed E-state index contributed by atoms with van der Waals surface area (Å²) in [5.41, 5.74) is 3.76. The molecule has 2 fully saturated rings. The molecule has 0 aliphatic carbocycles. The van der Waals surface area contributed by atoms with Gasteiger partial charge in [-0.15, -0.1) is 0 Å². The molecule has 0 bridgehead atoms. The number of aromatic nitrogens is 4. The third-order valence-electron chi connectivity index (χ3n) is 8.77. The Balaban J connectivity index is 1.23. The number of halogens is 1. The van der Waals surface area contributed by atoms with E-state index in [4.69, 9.17) is 4.74 Å². The molecular weight excluding hydrogens is 611 g/mol. The molecule has 2 saturated heterocycles. The van der Waals surface area contributed by atoms with Crippen LogP contribution in [0.25, 0.3) is 5.65 Å². The van der Waals surface area contributed by atoms with Crippen molar-refractivity contribution in [3.63, 3.8) is 0 Å². The molecule has 6 rings (SSSR count). The molecule has 4 aromatic rings. The summed E-state index contributed by atoms with van der Waals surface area (Å²) in [4.78, 5) is 24.2. The highest BCUT2D eigenvalue weighted by Crippen LogP contribution is 2.38. The Bertz CT molecular complexity index is 1860. The van der Waals surface area contributed by atoms with Crippen molar-refractivity contribution in [1.82, 2.24) is 29.8 Å². The van der Waals surface area contributed by atoms with Gasteiger partial charge < -0.3 is 25.6 Å². The minimum Gasteiger partial charge on any atom is -0.495 e. The summed E-state index contributed by atoms with van der Waals surface area (Å²) in [5, 5.41) is 13.2. The number of alkyl halides is 1. The van der Waals surface area contributed by atoms with Gasteiger partial charge in [-0.2, -0.15) is 19.6 Å². The molecule has 244 valence electrons. The first-order valence-corrected chi connectivity index (χ1v) is 17.0. The van der Waals surface area contributed by atoms with Crippen molar-refractivity contribution >= 4 is 44.7 Å². The number of hydrogen-bond acceptors (Lipinski definition) is 10. The van der Waals surface area contributed by atoms with Crippen LogP contribution in [0, 0.1) is 6.92 Å². The zero-order valence-corrected chi connectivity index (χ0v) is 27.1. The standard InChI is InChI=1S/C32H39FN8O4S/c1-19(2)46(43,44)28-8-6-5-7-24(28)37-32-39-31(38-29-9-12-35-41(29)32)36-25-15-20(3)23(17-27(25)45-4)21-10-13-40(14-11-21)30(42)26-16-22(33)18-34-26/h5-9,12,15,17,19,21-22,26,34H,10-11,13-14,16,18H2,1-4H3,(H2,36,37,38,39)/t22-,26-/m0/s1. The van der Waals surface area contributed by atoms with Crippen LogP contribution >= 0.6 is 0 Å². The normalized spacial score (nSPS) is 19.1. The van der Waals surface area contributed by atoms with E-state index in [1.165, 1.54) is 4.52 Å². The first-order valence-electron chi connectivity index (χ1n) is 15.5. The molecule has 2 aromatic heterocycles. The molecule has 2 aliphatic heterocycles. The Labute approximate surface area is 267 Å². The minimum atomic E-state index is -3.57. The largest absolute Gasteiger partial charge is 0.495 e. The number of hydrogen-bond donors (Lipinski definition) is 3.